The predicted octanol–water partition coefficient (Wildman–Crippen LogP) is -0.566. The number of hydrogen-bond donors (Lipinski definition) is 0. The third-order valence-electron chi connectivity index (χ3n) is 0.412. The van der Waals surface area contributed by atoms with Gasteiger partial charge in [-0.2, -0.15) is 0 Å². The molecule has 0 aromatic carbocycles. The molecular weight excluding hydrogens is 229 g/mol. The Kier molecular flexibility index (Phi) is 8.54. The summed E-state index contributed by atoms with van der Waals surface area (Å²) in [6, 6.07) is 0. The molecule has 8 heavy (non-hydrogen) atoms. The zero-order valence-electron chi connectivity index (χ0n) is 5.14. The van der Waals surface area contributed by atoms with Crippen LogP contribution < -0.4 is 5.11 Å². The maximum Gasteiger partial charge on any atom is 2.00 e. The van der Waals surface area contributed by atoms with Crippen molar-refractivity contribution in [1.29, 1.82) is 0 Å². The van der Waals surface area contributed by atoms with Gasteiger partial charge in [-0.25, -0.2) is 0 Å². The molecule has 0 atom stereocenters. The molecule has 0 aromatic heterocycles. The van der Waals surface area contributed by atoms with E-state index in [4.69, 9.17) is 4.79 Å². The molecule has 0 aromatic rings. The Morgan fingerprint density at radius 2 is 1.88 bits per heavy atom. The third-order valence-corrected chi connectivity index (χ3v) is 0.412. The van der Waals surface area contributed by atoms with E-state index in [1.165, 1.54) is 19.9 Å². The Labute approximate surface area is 89.0 Å². The molecule has 0 spiro atoms. The SMILES string of the molecule is CC(=[OH+])/C=C(/C)[O-].[Ba+2]. The van der Waals surface area contributed by atoms with Crippen LogP contribution in [-0.2, 0) is 0 Å². The van der Waals surface area contributed by atoms with Crippen molar-refractivity contribution < 1.29 is 9.90 Å². The summed E-state index contributed by atoms with van der Waals surface area (Å²) in [7, 11) is 0. The maximum atomic E-state index is 10.0. The molecule has 0 heterocycles. The molecule has 0 fully saturated rings. The van der Waals surface area contributed by atoms with Crippen LogP contribution in [0.5, 0.6) is 0 Å². The second-order valence-electron chi connectivity index (χ2n) is 1.40. The van der Waals surface area contributed by atoms with Gasteiger partial charge in [-0.05, 0) is 0 Å². The smallest absolute Gasteiger partial charge is 0.875 e. The van der Waals surface area contributed by atoms with Crippen LogP contribution in [0.1, 0.15) is 13.8 Å². The van der Waals surface area contributed by atoms with Crippen LogP contribution in [0.2, 0.25) is 0 Å². The summed E-state index contributed by atoms with van der Waals surface area (Å²) in [4.78, 5) is 8.36. The van der Waals surface area contributed by atoms with E-state index < -0.39 is 0 Å². The summed E-state index contributed by atoms with van der Waals surface area (Å²) in [5, 5.41) is 10.0. The van der Waals surface area contributed by atoms with Crippen LogP contribution >= 0.6 is 0 Å². The van der Waals surface area contributed by atoms with Crippen molar-refractivity contribution in [2.24, 2.45) is 0 Å². The average molecular weight is 237 g/mol. The first-order valence-electron chi connectivity index (χ1n) is 2.01. The van der Waals surface area contributed by atoms with E-state index in [2.05, 4.69) is 0 Å². The number of rotatable bonds is 1. The average Bonchev–Trinajstić information content (AvgIpc) is 1.27. The van der Waals surface area contributed by atoms with E-state index >= 15 is 0 Å². The minimum absolute atomic E-state index is 0. The van der Waals surface area contributed by atoms with Crippen molar-refractivity contribution in [2.75, 3.05) is 0 Å². The first kappa shape index (κ1) is 11.6. The Bertz CT molecular complexity index is 103. The molecule has 0 amide bonds. The molecule has 0 bridgehead atoms. The molecule has 0 saturated carbocycles. The van der Waals surface area contributed by atoms with Gasteiger partial charge in [-0.3, -0.25) is 4.79 Å². The van der Waals surface area contributed by atoms with Crippen molar-refractivity contribution in [1.82, 2.24) is 0 Å². The summed E-state index contributed by atoms with van der Waals surface area (Å²) < 4.78 is 0. The number of carbonyl (C=O) groups excluding carboxylic acids is 1. The van der Waals surface area contributed by atoms with Crippen LogP contribution in [0.15, 0.2) is 11.8 Å². The largest absolute Gasteiger partial charge is 2.00 e. The quantitative estimate of drug-likeness (QED) is 0.261. The fourth-order valence-corrected chi connectivity index (χ4v) is 0.294. The van der Waals surface area contributed by atoms with Crippen LogP contribution in [0.25, 0.3) is 0 Å². The molecule has 0 aliphatic heterocycles. The van der Waals surface area contributed by atoms with Crippen molar-refractivity contribution in [3.63, 3.8) is 0 Å². The first-order chi connectivity index (χ1) is 3.13. The van der Waals surface area contributed by atoms with Crippen molar-refractivity contribution >= 4 is 54.7 Å². The predicted molar refractivity (Wildman–Crippen MR) is 32.1 cm³/mol. The number of ketones is 1. The molecular formula is C5H8BaO2+2. The minimum Gasteiger partial charge on any atom is -0.875 e. The summed E-state index contributed by atoms with van der Waals surface area (Å²) in [5.74, 6) is -0.0625. The van der Waals surface area contributed by atoms with E-state index in [0.717, 1.165) is 0 Å². The molecule has 0 rings (SSSR count). The van der Waals surface area contributed by atoms with Gasteiger partial charge in [-0.15, -0.1) is 5.76 Å². The van der Waals surface area contributed by atoms with E-state index in [1.807, 2.05) is 0 Å². The van der Waals surface area contributed by atoms with E-state index in [1.54, 1.807) is 0 Å². The van der Waals surface area contributed by atoms with Gasteiger partial charge in [0.2, 0.25) is 0 Å². The zero-order valence-corrected chi connectivity index (χ0v) is 9.58. The van der Waals surface area contributed by atoms with Crippen LogP contribution in [0.3, 0.4) is 0 Å². The van der Waals surface area contributed by atoms with Gasteiger partial charge in [0.15, 0.2) is 0 Å². The van der Waals surface area contributed by atoms with Gasteiger partial charge in [0.05, 0.1) is 6.92 Å². The fraction of sp³-hybridized carbons (Fsp3) is 0.400. The molecule has 0 radical (unpaired) electrons. The minimum atomic E-state index is -0.125. The van der Waals surface area contributed by atoms with E-state index in [-0.39, 0.29) is 60.4 Å². The second kappa shape index (κ2) is 5.91. The monoisotopic (exact) mass is 238 g/mol. The Morgan fingerprint density at radius 1 is 1.50 bits per heavy atom. The molecule has 3 heteroatoms. The van der Waals surface area contributed by atoms with Crippen molar-refractivity contribution in [3.05, 3.63) is 11.8 Å². The van der Waals surface area contributed by atoms with Crippen LogP contribution in [0, 0.1) is 0 Å². The molecule has 0 aliphatic rings. The Morgan fingerprint density at radius 3 is 1.88 bits per heavy atom. The topological polar surface area (TPSA) is 44.5 Å². The first-order valence-corrected chi connectivity index (χ1v) is 2.01. The van der Waals surface area contributed by atoms with E-state index in [0.29, 0.717) is 0 Å². The van der Waals surface area contributed by atoms with Crippen LogP contribution in [-0.4, -0.2) is 59.5 Å². The summed E-state index contributed by atoms with van der Waals surface area (Å²) in [6.07, 6.45) is 1.17. The van der Waals surface area contributed by atoms with Gasteiger partial charge in [-0.1, -0.05) is 6.92 Å². The number of allylic oxidation sites excluding steroid dienone is 2. The molecule has 1 N–H and O–H groups in total. The van der Waals surface area contributed by atoms with Crippen molar-refractivity contribution in [2.45, 2.75) is 13.8 Å². The van der Waals surface area contributed by atoms with Gasteiger partial charge >= 0.3 is 54.7 Å². The molecule has 0 aliphatic carbocycles. The Hall–Kier alpha value is 0.781. The second-order valence-corrected chi connectivity index (χ2v) is 1.40. The summed E-state index contributed by atoms with van der Waals surface area (Å²) in [5.41, 5.74) is 0. The van der Waals surface area contributed by atoms with Crippen molar-refractivity contribution in [3.8, 4) is 0 Å². The summed E-state index contributed by atoms with van der Waals surface area (Å²) >= 11 is 0. The fourth-order valence-electron chi connectivity index (χ4n) is 0.294. The van der Waals surface area contributed by atoms with Gasteiger partial charge in [0.25, 0.3) is 0 Å². The van der Waals surface area contributed by atoms with Gasteiger partial charge in [0, 0.05) is 6.08 Å². The normalized spacial score (nSPS) is 10.0. The third kappa shape index (κ3) is 9.91. The van der Waals surface area contributed by atoms with Crippen LogP contribution in [0.4, 0.5) is 0 Å². The molecule has 0 saturated heterocycles. The van der Waals surface area contributed by atoms with Gasteiger partial charge in [0.1, 0.15) is 0 Å². The summed E-state index contributed by atoms with van der Waals surface area (Å²) in [6.45, 7) is 2.85. The number of hydrogen-bond acceptors (Lipinski definition) is 1. The van der Waals surface area contributed by atoms with Gasteiger partial charge < -0.3 is 5.11 Å². The standard InChI is InChI=1S/C5H8O2.Ba/c1-4(6)3-5(2)7;/h3,6H,1-2H3;/q;+2/b4-3-;. The molecule has 40 valence electrons. The maximum absolute atomic E-state index is 10.0. The zero-order chi connectivity index (χ0) is 5.86. The van der Waals surface area contributed by atoms with E-state index in [9.17, 15) is 5.11 Å². The molecule has 2 nitrogen and oxygen atoms in total. The Balaban J connectivity index is 0. The molecule has 0 unspecified atom stereocenters.